The van der Waals surface area contributed by atoms with Crippen LogP contribution in [0.15, 0.2) is 48.5 Å². The number of benzene rings is 2. The first-order chi connectivity index (χ1) is 12.0. The smallest absolute Gasteiger partial charge is 0.407 e. The van der Waals surface area contributed by atoms with E-state index in [-0.39, 0.29) is 0 Å². The SMILES string of the molecule is O=C(O)N1CCCC1[C@H](O)[C@H](c1ccc(Cl)cc1)c1cccc(F)c1. The van der Waals surface area contributed by atoms with Gasteiger partial charge < -0.3 is 15.1 Å². The number of carbonyl (C=O) groups is 1. The highest BCUT2D eigenvalue weighted by Gasteiger charge is 2.39. The molecule has 0 bridgehead atoms. The first-order valence-corrected chi connectivity index (χ1v) is 8.53. The molecule has 0 radical (unpaired) electrons. The first-order valence-electron chi connectivity index (χ1n) is 8.16. The fourth-order valence-corrected chi connectivity index (χ4v) is 3.69. The zero-order valence-corrected chi connectivity index (χ0v) is 14.2. The monoisotopic (exact) mass is 363 g/mol. The molecular formula is C19H19ClFNO3. The van der Waals surface area contributed by atoms with E-state index in [1.807, 2.05) is 0 Å². The van der Waals surface area contributed by atoms with Crippen LogP contribution in [-0.4, -0.2) is 39.9 Å². The molecule has 6 heteroatoms. The molecule has 0 aromatic heterocycles. The fourth-order valence-electron chi connectivity index (χ4n) is 3.56. The molecule has 0 saturated carbocycles. The van der Waals surface area contributed by atoms with Crippen LogP contribution in [0.3, 0.4) is 0 Å². The second-order valence-corrected chi connectivity index (χ2v) is 6.70. The zero-order chi connectivity index (χ0) is 18.0. The highest BCUT2D eigenvalue weighted by Crippen LogP contribution is 2.35. The topological polar surface area (TPSA) is 60.8 Å². The Morgan fingerprint density at radius 3 is 2.56 bits per heavy atom. The number of aliphatic hydroxyl groups excluding tert-OH is 1. The first kappa shape index (κ1) is 17.7. The lowest BCUT2D eigenvalue weighted by molar-refractivity contribution is 0.0582. The van der Waals surface area contributed by atoms with E-state index in [1.165, 1.54) is 17.0 Å². The molecule has 1 saturated heterocycles. The largest absolute Gasteiger partial charge is 0.465 e. The minimum Gasteiger partial charge on any atom is -0.465 e. The fraction of sp³-hybridized carbons (Fsp3) is 0.316. The summed E-state index contributed by atoms with van der Waals surface area (Å²) in [4.78, 5) is 12.7. The van der Waals surface area contributed by atoms with Crippen molar-refractivity contribution in [2.24, 2.45) is 0 Å². The van der Waals surface area contributed by atoms with E-state index in [9.17, 15) is 19.4 Å². The number of nitrogens with zero attached hydrogens (tertiary/aromatic N) is 1. The summed E-state index contributed by atoms with van der Waals surface area (Å²) in [6, 6.07) is 12.5. The number of halogens is 2. The van der Waals surface area contributed by atoms with Gasteiger partial charge >= 0.3 is 6.09 Å². The molecule has 132 valence electrons. The Hall–Kier alpha value is -2.11. The molecule has 25 heavy (non-hydrogen) atoms. The maximum Gasteiger partial charge on any atom is 0.407 e. The van der Waals surface area contributed by atoms with Gasteiger partial charge in [0.05, 0.1) is 12.1 Å². The zero-order valence-electron chi connectivity index (χ0n) is 13.5. The lowest BCUT2D eigenvalue weighted by atomic mass is 9.83. The van der Waals surface area contributed by atoms with Crippen LogP contribution in [0, 0.1) is 5.82 Å². The van der Waals surface area contributed by atoms with Crippen LogP contribution in [0.5, 0.6) is 0 Å². The Kier molecular flexibility index (Phi) is 5.25. The molecule has 1 amide bonds. The number of hydrogen-bond acceptors (Lipinski definition) is 2. The molecule has 3 atom stereocenters. The maximum absolute atomic E-state index is 13.7. The lowest BCUT2D eigenvalue weighted by Gasteiger charge is -2.32. The number of hydrogen-bond donors (Lipinski definition) is 2. The van der Waals surface area contributed by atoms with Crippen molar-refractivity contribution >= 4 is 17.7 Å². The molecule has 1 aliphatic rings. The van der Waals surface area contributed by atoms with Gasteiger partial charge in [-0.25, -0.2) is 9.18 Å². The van der Waals surface area contributed by atoms with Crippen LogP contribution in [0.4, 0.5) is 9.18 Å². The molecule has 1 unspecified atom stereocenters. The van der Waals surface area contributed by atoms with Crippen molar-refractivity contribution < 1.29 is 19.4 Å². The van der Waals surface area contributed by atoms with Crippen LogP contribution in [0.2, 0.25) is 5.02 Å². The predicted molar refractivity (Wildman–Crippen MR) is 93.5 cm³/mol. The molecule has 0 aliphatic carbocycles. The Morgan fingerprint density at radius 1 is 1.20 bits per heavy atom. The molecule has 1 fully saturated rings. The molecule has 2 N–H and O–H groups in total. The highest BCUT2D eigenvalue weighted by atomic mass is 35.5. The minimum atomic E-state index is -1.05. The second-order valence-electron chi connectivity index (χ2n) is 6.26. The van der Waals surface area contributed by atoms with Crippen molar-refractivity contribution in [1.29, 1.82) is 0 Å². The van der Waals surface area contributed by atoms with E-state index >= 15 is 0 Å². The van der Waals surface area contributed by atoms with Gasteiger partial charge in [-0.1, -0.05) is 35.9 Å². The average molecular weight is 364 g/mol. The van der Waals surface area contributed by atoms with Gasteiger partial charge in [-0.15, -0.1) is 0 Å². The molecule has 4 nitrogen and oxygen atoms in total. The van der Waals surface area contributed by atoms with Crippen molar-refractivity contribution in [1.82, 2.24) is 4.90 Å². The van der Waals surface area contributed by atoms with E-state index in [2.05, 4.69) is 0 Å². The molecule has 1 aliphatic heterocycles. The van der Waals surface area contributed by atoms with Crippen molar-refractivity contribution in [2.75, 3.05) is 6.54 Å². The molecule has 2 aromatic carbocycles. The molecule has 3 rings (SSSR count). The Balaban J connectivity index is 2.01. The van der Waals surface area contributed by atoms with Gasteiger partial charge in [-0.05, 0) is 48.2 Å². The van der Waals surface area contributed by atoms with E-state index in [4.69, 9.17) is 11.6 Å². The van der Waals surface area contributed by atoms with Gasteiger partial charge in [0.1, 0.15) is 5.82 Å². The van der Waals surface area contributed by atoms with Crippen LogP contribution >= 0.6 is 11.6 Å². The summed E-state index contributed by atoms with van der Waals surface area (Å²) in [5, 5.41) is 21.0. The highest BCUT2D eigenvalue weighted by molar-refractivity contribution is 6.30. The second kappa shape index (κ2) is 7.42. The summed E-state index contributed by atoms with van der Waals surface area (Å²) in [6.07, 6.45) is -0.755. The molecule has 1 heterocycles. The Bertz CT molecular complexity index is 753. The van der Waals surface area contributed by atoms with Crippen molar-refractivity contribution in [2.45, 2.75) is 30.9 Å². The predicted octanol–water partition coefficient (Wildman–Crippen LogP) is 4.11. The Labute approximate surface area is 150 Å². The summed E-state index contributed by atoms with van der Waals surface area (Å²) < 4.78 is 13.7. The van der Waals surface area contributed by atoms with Gasteiger partial charge in [0.2, 0.25) is 0 Å². The molecular weight excluding hydrogens is 345 g/mol. The van der Waals surface area contributed by atoms with E-state index in [0.717, 1.165) is 5.56 Å². The van der Waals surface area contributed by atoms with Crippen LogP contribution in [0.25, 0.3) is 0 Å². The lowest BCUT2D eigenvalue weighted by Crippen LogP contribution is -2.44. The summed E-state index contributed by atoms with van der Waals surface area (Å²) in [6.45, 7) is 0.396. The van der Waals surface area contributed by atoms with Gasteiger partial charge in [0.15, 0.2) is 0 Å². The normalized spacial score (nSPS) is 19.6. The summed E-state index contributed by atoms with van der Waals surface area (Å²) in [5.74, 6) is -0.942. The number of carboxylic acid groups (broad SMARTS) is 1. The van der Waals surface area contributed by atoms with E-state index in [0.29, 0.717) is 30.0 Å². The number of likely N-dealkylation sites (tertiary alicyclic amines) is 1. The third-order valence-corrected chi connectivity index (χ3v) is 4.97. The number of amides is 1. The van der Waals surface area contributed by atoms with Crippen LogP contribution in [0.1, 0.15) is 29.9 Å². The Morgan fingerprint density at radius 2 is 1.92 bits per heavy atom. The van der Waals surface area contributed by atoms with Gasteiger partial charge in [-0.3, -0.25) is 0 Å². The molecule has 0 spiro atoms. The third-order valence-electron chi connectivity index (χ3n) is 4.72. The van der Waals surface area contributed by atoms with Crippen molar-refractivity contribution in [3.63, 3.8) is 0 Å². The summed E-state index contributed by atoms with van der Waals surface area (Å²) >= 11 is 5.95. The standard InChI is InChI=1S/C19H19ClFNO3/c20-14-8-6-12(7-9-14)17(13-3-1-4-15(21)11-13)18(23)16-5-2-10-22(16)19(24)25/h1,3-4,6-9,11,16-18,23H,2,5,10H2,(H,24,25)/t16?,17-,18+/m1/s1. The average Bonchev–Trinajstić information content (AvgIpc) is 3.07. The van der Waals surface area contributed by atoms with Crippen LogP contribution in [-0.2, 0) is 0 Å². The van der Waals surface area contributed by atoms with E-state index in [1.54, 1.807) is 36.4 Å². The van der Waals surface area contributed by atoms with Crippen molar-refractivity contribution in [3.8, 4) is 0 Å². The molecule has 2 aromatic rings. The van der Waals surface area contributed by atoms with Crippen molar-refractivity contribution in [3.05, 3.63) is 70.5 Å². The number of rotatable bonds is 4. The van der Waals surface area contributed by atoms with Gasteiger partial charge in [-0.2, -0.15) is 0 Å². The van der Waals surface area contributed by atoms with Gasteiger partial charge in [0, 0.05) is 17.5 Å². The third kappa shape index (κ3) is 3.78. The minimum absolute atomic E-state index is 0.396. The summed E-state index contributed by atoms with van der Waals surface area (Å²) in [5.41, 5.74) is 1.37. The van der Waals surface area contributed by atoms with Gasteiger partial charge in [0.25, 0.3) is 0 Å². The summed E-state index contributed by atoms with van der Waals surface area (Å²) in [7, 11) is 0. The van der Waals surface area contributed by atoms with Crippen LogP contribution < -0.4 is 0 Å². The quantitative estimate of drug-likeness (QED) is 0.859. The number of aliphatic hydroxyl groups is 1. The van der Waals surface area contributed by atoms with E-state index < -0.39 is 30.0 Å². The maximum atomic E-state index is 13.7.